The number of amides is 1. The lowest BCUT2D eigenvalue weighted by Crippen LogP contribution is -2.12. The fourth-order valence-corrected chi connectivity index (χ4v) is 2.52. The van der Waals surface area contributed by atoms with Crippen LogP contribution in [-0.4, -0.2) is 31.3 Å². The molecule has 5 heteroatoms. The van der Waals surface area contributed by atoms with Crippen LogP contribution in [-0.2, 0) is 4.74 Å². The van der Waals surface area contributed by atoms with Gasteiger partial charge in [-0.25, -0.2) is 0 Å². The van der Waals surface area contributed by atoms with Gasteiger partial charge in [0.1, 0.15) is 18.1 Å². The minimum Gasteiger partial charge on any atom is -0.507 e. The van der Waals surface area contributed by atoms with E-state index in [1.807, 2.05) is 24.3 Å². The maximum Gasteiger partial charge on any atom is 0.259 e. The minimum atomic E-state index is -0.378. The van der Waals surface area contributed by atoms with Crippen LogP contribution in [0.25, 0.3) is 10.8 Å². The second-order valence-corrected chi connectivity index (χ2v) is 5.54. The van der Waals surface area contributed by atoms with E-state index < -0.39 is 0 Å². The Morgan fingerprint density at radius 1 is 1.00 bits per heavy atom. The molecule has 3 rings (SSSR count). The van der Waals surface area contributed by atoms with Crippen LogP contribution in [0.3, 0.4) is 0 Å². The quantitative estimate of drug-likeness (QED) is 0.671. The van der Waals surface area contributed by atoms with Gasteiger partial charge in [-0.3, -0.25) is 4.79 Å². The van der Waals surface area contributed by atoms with Crippen molar-refractivity contribution >= 4 is 22.4 Å². The van der Waals surface area contributed by atoms with Crippen LogP contribution in [0.15, 0.2) is 60.7 Å². The number of phenols is 1. The molecule has 5 nitrogen and oxygen atoms in total. The normalized spacial score (nSPS) is 10.6. The number of phenolic OH excluding ortho intramolecular Hbond substituents is 1. The van der Waals surface area contributed by atoms with E-state index in [2.05, 4.69) is 5.32 Å². The summed E-state index contributed by atoms with van der Waals surface area (Å²) in [6.07, 6.45) is 0. The predicted molar refractivity (Wildman–Crippen MR) is 97.4 cm³/mol. The summed E-state index contributed by atoms with van der Waals surface area (Å²) in [5.41, 5.74) is 0.817. The average molecular weight is 337 g/mol. The fraction of sp³-hybridized carbons (Fsp3) is 0.150. The van der Waals surface area contributed by atoms with Crippen molar-refractivity contribution in [1.82, 2.24) is 0 Å². The average Bonchev–Trinajstić information content (AvgIpc) is 2.61. The molecule has 0 bridgehead atoms. The minimum absolute atomic E-state index is 0.0521. The highest BCUT2D eigenvalue weighted by Crippen LogP contribution is 2.26. The molecule has 0 radical (unpaired) electrons. The molecular formula is C20H19NO4. The van der Waals surface area contributed by atoms with Crippen molar-refractivity contribution in [3.63, 3.8) is 0 Å². The van der Waals surface area contributed by atoms with E-state index >= 15 is 0 Å². The number of anilines is 1. The number of carbonyl (C=O) groups excluding carboxylic acids is 1. The van der Waals surface area contributed by atoms with Crippen molar-refractivity contribution < 1.29 is 19.4 Å². The van der Waals surface area contributed by atoms with Crippen LogP contribution < -0.4 is 10.1 Å². The van der Waals surface area contributed by atoms with Gasteiger partial charge in [-0.05, 0) is 35.0 Å². The highest BCUT2D eigenvalue weighted by atomic mass is 16.5. The summed E-state index contributed by atoms with van der Waals surface area (Å²) in [5.74, 6) is 0.207. The van der Waals surface area contributed by atoms with Gasteiger partial charge in [0.05, 0.1) is 12.2 Å². The number of nitrogens with one attached hydrogen (secondary N) is 1. The number of hydrogen-bond donors (Lipinski definition) is 2. The second kappa shape index (κ2) is 7.68. The third-order valence-electron chi connectivity index (χ3n) is 3.76. The van der Waals surface area contributed by atoms with Crippen molar-refractivity contribution in [2.24, 2.45) is 0 Å². The first kappa shape index (κ1) is 16.8. The highest BCUT2D eigenvalue weighted by Gasteiger charge is 2.13. The highest BCUT2D eigenvalue weighted by molar-refractivity contribution is 6.08. The van der Waals surface area contributed by atoms with Gasteiger partial charge >= 0.3 is 0 Å². The molecule has 128 valence electrons. The van der Waals surface area contributed by atoms with Crippen LogP contribution >= 0.6 is 0 Å². The number of hydrogen-bond acceptors (Lipinski definition) is 4. The van der Waals surface area contributed by atoms with Gasteiger partial charge in [0.25, 0.3) is 5.91 Å². The summed E-state index contributed by atoms with van der Waals surface area (Å²) in [6.45, 7) is 0.918. The van der Waals surface area contributed by atoms with Gasteiger partial charge in [-0.2, -0.15) is 0 Å². The third-order valence-corrected chi connectivity index (χ3v) is 3.76. The zero-order chi connectivity index (χ0) is 17.6. The van der Waals surface area contributed by atoms with Crippen molar-refractivity contribution in [3.05, 3.63) is 66.2 Å². The molecule has 0 aliphatic heterocycles. The summed E-state index contributed by atoms with van der Waals surface area (Å²) < 4.78 is 10.5. The predicted octanol–water partition coefficient (Wildman–Crippen LogP) is 3.82. The molecule has 0 saturated heterocycles. The SMILES string of the molecule is COCCOc1cccc(NC(=O)c2cc3ccccc3cc2O)c1. The van der Waals surface area contributed by atoms with Crippen LogP contribution in [0.1, 0.15) is 10.4 Å². The lowest BCUT2D eigenvalue weighted by molar-refractivity contribution is 0.102. The number of methoxy groups -OCH3 is 1. The van der Waals surface area contributed by atoms with Crippen LogP contribution in [0.4, 0.5) is 5.69 Å². The molecule has 0 aromatic heterocycles. The monoisotopic (exact) mass is 337 g/mol. The van der Waals surface area contributed by atoms with Gasteiger partial charge in [-0.15, -0.1) is 0 Å². The Hall–Kier alpha value is -3.05. The number of carbonyl (C=O) groups is 1. The summed E-state index contributed by atoms with van der Waals surface area (Å²) in [6, 6.07) is 17.9. The van der Waals surface area contributed by atoms with Gasteiger partial charge in [-0.1, -0.05) is 30.3 Å². The molecule has 0 atom stereocenters. The Balaban J connectivity index is 1.78. The molecule has 0 aliphatic carbocycles. The Bertz CT molecular complexity index is 892. The maximum absolute atomic E-state index is 12.5. The number of rotatable bonds is 6. The smallest absolute Gasteiger partial charge is 0.259 e. The molecule has 25 heavy (non-hydrogen) atoms. The molecule has 3 aromatic rings. The molecule has 0 unspecified atom stereocenters. The molecule has 0 saturated carbocycles. The molecule has 2 N–H and O–H groups in total. The van der Waals surface area contributed by atoms with Gasteiger partial charge < -0.3 is 19.9 Å². The maximum atomic E-state index is 12.5. The van der Waals surface area contributed by atoms with Crippen LogP contribution in [0, 0.1) is 0 Å². The van der Waals surface area contributed by atoms with E-state index in [0.717, 1.165) is 10.8 Å². The summed E-state index contributed by atoms with van der Waals surface area (Å²) in [5, 5.41) is 14.7. The standard InChI is InChI=1S/C20H19NO4/c1-24-9-10-25-17-8-4-7-16(13-17)21-20(23)18-11-14-5-2-3-6-15(14)12-19(18)22/h2-8,11-13,22H,9-10H2,1H3,(H,21,23). The van der Waals surface area contributed by atoms with Crippen LogP contribution in [0.2, 0.25) is 0 Å². The lowest BCUT2D eigenvalue weighted by Gasteiger charge is -2.10. The zero-order valence-corrected chi connectivity index (χ0v) is 13.9. The zero-order valence-electron chi connectivity index (χ0n) is 13.9. The number of aromatic hydroxyl groups is 1. The fourth-order valence-electron chi connectivity index (χ4n) is 2.52. The molecule has 0 spiro atoms. The van der Waals surface area contributed by atoms with Gasteiger partial charge in [0, 0.05) is 18.9 Å². The number of fused-ring (bicyclic) bond motifs is 1. The third kappa shape index (κ3) is 4.08. The topological polar surface area (TPSA) is 67.8 Å². The number of ether oxygens (including phenoxy) is 2. The Morgan fingerprint density at radius 3 is 2.52 bits per heavy atom. The summed E-state index contributed by atoms with van der Waals surface area (Å²) in [7, 11) is 1.61. The van der Waals surface area contributed by atoms with E-state index in [9.17, 15) is 9.90 Å². The second-order valence-electron chi connectivity index (χ2n) is 5.54. The Labute approximate surface area is 145 Å². The molecule has 0 aliphatic rings. The largest absolute Gasteiger partial charge is 0.507 e. The van der Waals surface area contributed by atoms with Crippen molar-refractivity contribution in [1.29, 1.82) is 0 Å². The van der Waals surface area contributed by atoms with E-state index in [1.54, 1.807) is 43.5 Å². The Kier molecular flexibility index (Phi) is 5.16. The van der Waals surface area contributed by atoms with E-state index in [1.165, 1.54) is 0 Å². The molecule has 1 amide bonds. The first-order valence-electron chi connectivity index (χ1n) is 7.92. The summed E-state index contributed by atoms with van der Waals surface area (Å²) in [4.78, 5) is 12.5. The molecule has 3 aromatic carbocycles. The van der Waals surface area contributed by atoms with E-state index in [-0.39, 0.29) is 17.2 Å². The Morgan fingerprint density at radius 2 is 1.76 bits per heavy atom. The summed E-state index contributed by atoms with van der Waals surface area (Å²) >= 11 is 0. The first-order valence-corrected chi connectivity index (χ1v) is 7.92. The van der Waals surface area contributed by atoms with Gasteiger partial charge in [0.2, 0.25) is 0 Å². The van der Waals surface area contributed by atoms with E-state index in [4.69, 9.17) is 9.47 Å². The molecular weight excluding hydrogens is 318 g/mol. The van der Waals surface area contributed by atoms with Gasteiger partial charge in [0.15, 0.2) is 0 Å². The molecule has 0 heterocycles. The van der Waals surface area contributed by atoms with Crippen LogP contribution in [0.5, 0.6) is 11.5 Å². The number of benzene rings is 3. The van der Waals surface area contributed by atoms with Crippen molar-refractivity contribution in [2.75, 3.05) is 25.6 Å². The van der Waals surface area contributed by atoms with Crippen molar-refractivity contribution in [3.8, 4) is 11.5 Å². The first-order chi connectivity index (χ1) is 12.2. The molecule has 0 fully saturated rings. The van der Waals surface area contributed by atoms with E-state index in [0.29, 0.717) is 24.7 Å². The lowest BCUT2D eigenvalue weighted by atomic mass is 10.1. The van der Waals surface area contributed by atoms with Crippen molar-refractivity contribution in [2.45, 2.75) is 0 Å².